The number of nitrogens with one attached hydrogen (secondary N) is 1. The van der Waals surface area contributed by atoms with E-state index in [9.17, 15) is 4.39 Å². The van der Waals surface area contributed by atoms with Gasteiger partial charge in [0.05, 0.1) is 0 Å². The number of benzene rings is 1. The molecule has 0 aromatic heterocycles. The van der Waals surface area contributed by atoms with E-state index >= 15 is 0 Å². The summed E-state index contributed by atoms with van der Waals surface area (Å²) in [6.45, 7) is 5.39. The maximum absolute atomic E-state index is 13.2. The molecule has 0 amide bonds. The summed E-state index contributed by atoms with van der Waals surface area (Å²) < 4.78 is 13.2. The molecule has 0 fully saturated rings. The third-order valence-electron chi connectivity index (χ3n) is 2.47. The Kier molecular flexibility index (Phi) is 4.24. The highest BCUT2D eigenvalue weighted by Gasteiger charge is 2.13. The van der Waals surface area contributed by atoms with Crippen molar-refractivity contribution in [3.63, 3.8) is 0 Å². The van der Waals surface area contributed by atoms with Crippen molar-refractivity contribution in [3.05, 3.63) is 35.6 Å². The Hall–Kier alpha value is -0.930. The Labute approximate surface area is 90.7 Å². The number of hydrogen-bond donors (Lipinski definition) is 2. The summed E-state index contributed by atoms with van der Waals surface area (Å²) in [5.41, 5.74) is 6.25. The molecule has 0 heterocycles. The Balaban J connectivity index is 2.42. The van der Waals surface area contributed by atoms with Crippen LogP contribution in [0.25, 0.3) is 0 Å². The van der Waals surface area contributed by atoms with Gasteiger partial charge in [0.2, 0.25) is 0 Å². The molecule has 1 rings (SSSR count). The van der Waals surface area contributed by atoms with Crippen molar-refractivity contribution in [2.75, 3.05) is 13.1 Å². The summed E-state index contributed by atoms with van der Waals surface area (Å²) in [6, 6.07) is 6.86. The fourth-order valence-corrected chi connectivity index (χ4v) is 1.31. The first-order valence-electron chi connectivity index (χ1n) is 5.24. The molecule has 3 N–H and O–H groups in total. The van der Waals surface area contributed by atoms with E-state index in [2.05, 4.69) is 5.32 Å². The molecule has 0 atom stereocenters. The van der Waals surface area contributed by atoms with Crippen LogP contribution in [0.15, 0.2) is 24.3 Å². The predicted octanol–water partition coefficient (Wildman–Crippen LogP) is 1.70. The lowest BCUT2D eigenvalue weighted by Gasteiger charge is -2.24. The SMILES string of the molecule is CC(C)(CN)NCCc1ccccc1F. The van der Waals surface area contributed by atoms with E-state index in [1.165, 1.54) is 6.07 Å². The van der Waals surface area contributed by atoms with Gasteiger partial charge in [-0.05, 0) is 38.4 Å². The highest BCUT2D eigenvalue weighted by molar-refractivity contribution is 5.17. The minimum Gasteiger partial charge on any atom is -0.329 e. The molecule has 0 saturated carbocycles. The van der Waals surface area contributed by atoms with Crippen molar-refractivity contribution >= 4 is 0 Å². The van der Waals surface area contributed by atoms with Gasteiger partial charge in [-0.2, -0.15) is 0 Å². The fourth-order valence-electron chi connectivity index (χ4n) is 1.31. The van der Waals surface area contributed by atoms with E-state index in [-0.39, 0.29) is 11.4 Å². The van der Waals surface area contributed by atoms with E-state index in [1.807, 2.05) is 26.0 Å². The third-order valence-corrected chi connectivity index (χ3v) is 2.47. The molecule has 0 aliphatic heterocycles. The van der Waals surface area contributed by atoms with Gasteiger partial charge in [0.25, 0.3) is 0 Å². The second kappa shape index (κ2) is 5.24. The van der Waals surface area contributed by atoms with Crippen molar-refractivity contribution < 1.29 is 4.39 Å². The van der Waals surface area contributed by atoms with Crippen LogP contribution in [0.4, 0.5) is 4.39 Å². The van der Waals surface area contributed by atoms with Crippen molar-refractivity contribution in [1.82, 2.24) is 5.32 Å². The van der Waals surface area contributed by atoms with Crippen LogP contribution in [0.2, 0.25) is 0 Å². The molecule has 0 bridgehead atoms. The molecule has 0 aliphatic carbocycles. The van der Waals surface area contributed by atoms with Crippen LogP contribution < -0.4 is 11.1 Å². The summed E-state index contributed by atoms with van der Waals surface area (Å²) in [5.74, 6) is -0.134. The van der Waals surface area contributed by atoms with Gasteiger partial charge in [0, 0.05) is 12.1 Å². The molecule has 0 unspecified atom stereocenters. The Bertz CT molecular complexity index is 310. The van der Waals surface area contributed by atoms with Gasteiger partial charge in [-0.25, -0.2) is 4.39 Å². The fraction of sp³-hybridized carbons (Fsp3) is 0.500. The zero-order valence-electron chi connectivity index (χ0n) is 9.39. The molecule has 0 spiro atoms. The normalized spacial score (nSPS) is 11.7. The average molecular weight is 210 g/mol. The molecule has 15 heavy (non-hydrogen) atoms. The van der Waals surface area contributed by atoms with E-state index in [4.69, 9.17) is 5.73 Å². The van der Waals surface area contributed by atoms with Crippen molar-refractivity contribution in [2.45, 2.75) is 25.8 Å². The van der Waals surface area contributed by atoms with Crippen molar-refractivity contribution in [1.29, 1.82) is 0 Å². The highest BCUT2D eigenvalue weighted by Crippen LogP contribution is 2.07. The smallest absolute Gasteiger partial charge is 0.126 e. The van der Waals surface area contributed by atoms with Crippen LogP contribution in [0.5, 0.6) is 0 Å². The third kappa shape index (κ3) is 3.98. The van der Waals surface area contributed by atoms with Gasteiger partial charge in [-0.1, -0.05) is 18.2 Å². The zero-order chi connectivity index (χ0) is 11.3. The summed E-state index contributed by atoms with van der Waals surface area (Å²) in [6.07, 6.45) is 0.691. The van der Waals surface area contributed by atoms with E-state index < -0.39 is 0 Å². The lowest BCUT2D eigenvalue weighted by Crippen LogP contribution is -2.46. The summed E-state index contributed by atoms with van der Waals surface area (Å²) in [4.78, 5) is 0. The minimum absolute atomic E-state index is 0.0781. The molecular formula is C12H19FN2. The van der Waals surface area contributed by atoms with Crippen molar-refractivity contribution in [2.24, 2.45) is 5.73 Å². The topological polar surface area (TPSA) is 38.0 Å². The van der Waals surface area contributed by atoms with Crippen LogP contribution >= 0.6 is 0 Å². The zero-order valence-corrected chi connectivity index (χ0v) is 9.39. The number of halogens is 1. The molecular weight excluding hydrogens is 191 g/mol. The van der Waals surface area contributed by atoms with Gasteiger partial charge in [0.1, 0.15) is 5.82 Å². The van der Waals surface area contributed by atoms with E-state index in [1.54, 1.807) is 6.07 Å². The molecule has 2 nitrogen and oxygen atoms in total. The van der Waals surface area contributed by atoms with Gasteiger partial charge in [0.15, 0.2) is 0 Å². The van der Waals surface area contributed by atoms with Crippen LogP contribution in [0, 0.1) is 5.82 Å². The van der Waals surface area contributed by atoms with Crippen LogP contribution in [0.1, 0.15) is 19.4 Å². The van der Waals surface area contributed by atoms with E-state index in [0.717, 1.165) is 12.1 Å². The van der Waals surface area contributed by atoms with Gasteiger partial charge in [-0.3, -0.25) is 0 Å². The summed E-state index contributed by atoms with van der Waals surface area (Å²) in [7, 11) is 0. The molecule has 1 aromatic rings. The first kappa shape index (κ1) is 12.1. The highest BCUT2D eigenvalue weighted by atomic mass is 19.1. The Morgan fingerprint density at radius 3 is 2.60 bits per heavy atom. The number of rotatable bonds is 5. The van der Waals surface area contributed by atoms with Gasteiger partial charge >= 0.3 is 0 Å². The first-order valence-corrected chi connectivity index (χ1v) is 5.24. The molecule has 0 saturated heterocycles. The maximum atomic E-state index is 13.2. The molecule has 3 heteroatoms. The van der Waals surface area contributed by atoms with Crippen molar-refractivity contribution in [3.8, 4) is 0 Å². The second-order valence-electron chi connectivity index (χ2n) is 4.36. The molecule has 84 valence electrons. The average Bonchev–Trinajstić information content (AvgIpc) is 2.21. The Morgan fingerprint density at radius 1 is 1.33 bits per heavy atom. The van der Waals surface area contributed by atoms with Crippen LogP contribution in [-0.4, -0.2) is 18.6 Å². The largest absolute Gasteiger partial charge is 0.329 e. The summed E-state index contributed by atoms with van der Waals surface area (Å²) in [5, 5.41) is 3.29. The maximum Gasteiger partial charge on any atom is 0.126 e. The van der Waals surface area contributed by atoms with E-state index in [0.29, 0.717) is 13.0 Å². The molecule has 1 aromatic carbocycles. The quantitative estimate of drug-likeness (QED) is 0.776. The number of nitrogens with two attached hydrogens (primary N) is 1. The second-order valence-corrected chi connectivity index (χ2v) is 4.36. The first-order chi connectivity index (χ1) is 7.05. The summed E-state index contributed by atoms with van der Waals surface area (Å²) >= 11 is 0. The lowest BCUT2D eigenvalue weighted by molar-refractivity contribution is 0.400. The van der Waals surface area contributed by atoms with Crippen LogP contribution in [-0.2, 0) is 6.42 Å². The Morgan fingerprint density at radius 2 is 2.00 bits per heavy atom. The lowest BCUT2D eigenvalue weighted by atomic mass is 10.1. The minimum atomic E-state index is -0.134. The van der Waals surface area contributed by atoms with Gasteiger partial charge < -0.3 is 11.1 Å². The molecule has 0 radical (unpaired) electrons. The molecule has 0 aliphatic rings. The predicted molar refractivity (Wildman–Crippen MR) is 61.2 cm³/mol. The number of hydrogen-bond acceptors (Lipinski definition) is 2. The van der Waals surface area contributed by atoms with Gasteiger partial charge in [-0.15, -0.1) is 0 Å². The standard InChI is InChI=1S/C12H19FN2/c1-12(2,9-14)15-8-7-10-5-3-4-6-11(10)13/h3-6,15H,7-9,14H2,1-2H3. The monoisotopic (exact) mass is 210 g/mol. The van der Waals surface area contributed by atoms with Crippen LogP contribution in [0.3, 0.4) is 0 Å².